The van der Waals surface area contributed by atoms with Crippen LogP contribution in [-0.2, 0) is 4.74 Å². The molecule has 0 bridgehead atoms. The van der Waals surface area contributed by atoms with Gasteiger partial charge in [0.05, 0.1) is 10.5 Å². The molecule has 0 unspecified atom stereocenters. The van der Waals surface area contributed by atoms with Crippen molar-refractivity contribution >= 4 is 23.1 Å². The highest BCUT2D eigenvalue weighted by atomic mass is 16.7. The van der Waals surface area contributed by atoms with Gasteiger partial charge in [0.15, 0.2) is 23.9 Å². The van der Waals surface area contributed by atoms with E-state index in [1.54, 1.807) is 18.2 Å². The molecule has 2 aliphatic rings. The molecule has 0 radical (unpaired) electrons. The number of nitrogens with zero attached hydrogens (tertiary/aromatic N) is 2. The van der Waals surface area contributed by atoms with Gasteiger partial charge in [-0.1, -0.05) is 0 Å². The molecule has 156 valence electrons. The van der Waals surface area contributed by atoms with Gasteiger partial charge in [-0.15, -0.1) is 0 Å². The number of esters is 1. The lowest BCUT2D eigenvalue weighted by Gasteiger charge is -2.28. The van der Waals surface area contributed by atoms with Crippen molar-refractivity contribution in [3.8, 4) is 11.5 Å². The number of nitro groups is 1. The lowest BCUT2D eigenvalue weighted by molar-refractivity contribution is -0.384. The molecule has 0 amide bonds. The van der Waals surface area contributed by atoms with Crippen LogP contribution in [0, 0.1) is 10.1 Å². The Hall–Kier alpha value is -3.62. The van der Waals surface area contributed by atoms with Gasteiger partial charge >= 0.3 is 5.97 Å². The molecular weight excluding hydrogens is 392 g/mol. The SMILES string of the molecule is O=C(COC(=O)c1ccc(N2CCCCC2)c([N+](=O)[O-])c1)c1ccc2c(c1)OCO2. The second kappa shape index (κ2) is 8.40. The standard InChI is InChI=1S/C21H20N2O7/c24-18(14-5-7-19-20(11-14)30-13-29-19)12-28-21(25)15-4-6-16(17(10-15)23(26)27)22-8-2-1-3-9-22/h4-7,10-11H,1-3,8-9,12-13H2. The highest BCUT2D eigenvalue weighted by molar-refractivity contribution is 6.00. The van der Waals surface area contributed by atoms with Crippen molar-refractivity contribution in [2.75, 3.05) is 31.4 Å². The number of carbonyl (C=O) groups is 2. The summed E-state index contributed by atoms with van der Waals surface area (Å²) in [5.74, 6) is -0.209. The number of anilines is 1. The first kappa shape index (κ1) is 19.7. The highest BCUT2D eigenvalue weighted by Gasteiger charge is 2.24. The Morgan fingerprint density at radius 3 is 2.50 bits per heavy atom. The van der Waals surface area contributed by atoms with Crippen LogP contribution in [-0.4, -0.2) is 43.2 Å². The van der Waals surface area contributed by atoms with E-state index in [0.717, 1.165) is 32.4 Å². The summed E-state index contributed by atoms with van der Waals surface area (Å²) in [5, 5.41) is 11.5. The molecule has 0 atom stereocenters. The fourth-order valence-electron chi connectivity index (χ4n) is 3.57. The molecule has 0 N–H and O–H groups in total. The van der Waals surface area contributed by atoms with E-state index < -0.39 is 23.3 Å². The van der Waals surface area contributed by atoms with Crippen molar-refractivity contribution in [2.45, 2.75) is 19.3 Å². The first-order valence-corrected chi connectivity index (χ1v) is 9.66. The van der Waals surface area contributed by atoms with Crippen LogP contribution in [0.2, 0.25) is 0 Å². The van der Waals surface area contributed by atoms with E-state index in [0.29, 0.717) is 22.7 Å². The smallest absolute Gasteiger partial charge is 0.338 e. The first-order chi connectivity index (χ1) is 14.5. The van der Waals surface area contributed by atoms with Crippen molar-refractivity contribution in [3.63, 3.8) is 0 Å². The van der Waals surface area contributed by atoms with Crippen molar-refractivity contribution in [1.29, 1.82) is 0 Å². The molecule has 2 aromatic rings. The number of ketones is 1. The Morgan fingerprint density at radius 1 is 1.00 bits per heavy atom. The topological polar surface area (TPSA) is 108 Å². The summed E-state index contributed by atoms with van der Waals surface area (Å²) in [5.41, 5.74) is 0.695. The van der Waals surface area contributed by atoms with Gasteiger partial charge in [-0.3, -0.25) is 14.9 Å². The summed E-state index contributed by atoms with van der Waals surface area (Å²) < 4.78 is 15.5. The zero-order chi connectivity index (χ0) is 21.1. The fourth-order valence-corrected chi connectivity index (χ4v) is 3.57. The maximum absolute atomic E-state index is 12.4. The molecule has 4 rings (SSSR count). The maximum Gasteiger partial charge on any atom is 0.338 e. The van der Waals surface area contributed by atoms with Crippen LogP contribution in [0.15, 0.2) is 36.4 Å². The number of benzene rings is 2. The third-order valence-electron chi connectivity index (χ3n) is 5.13. The summed E-state index contributed by atoms with van der Waals surface area (Å²) >= 11 is 0. The third-order valence-corrected chi connectivity index (χ3v) is 5.13. The lowest BCUT2D eigenvalue weighted by atomic mass is 10.1. The number of piperidine rings is 1. The van der Waals surface area contributed by atoms with E-state index in [1.165, 1.54) is 18.2 Å². The third kappa shape index (κ3) is 4.05. The quantitative estimate of drug-likeness (QED) is 0.308. The monoisotopic (exact) mass is 412 g/mol. The van der Waals surface area contributed by atoms with Crippen molar-refractivity contribution in [3.05, 3.63) is 57.6 Å². The van der Waals surface area contributed by atoms with Gasteiger partial charge in [0.25, 0.3) is 5.69 Å². The molecule has 0 saturated carbocycles. The van der Waals surface area contributed by atoms with E-state index >= 15 is 0 Å². The molecule has 0 aliphatic carbocycles. The Morgan fingerprint density at radius 2 is 1.73 bits per heavy atom. The van der Waals surface area contributed by atoms with Crippen molar-refractivity contribution in [2.24, 2.45) is 0 Å². The molecule has 1 fully saturated rings. The average Bonchev–Trinajstić information content (AvgIpc) is 3.25. The predicted molar refractivity (Wildman–Crippen MR) is 106 cm³/mol. The van der Waals surface area contributed by atoms with Crippen LogP contribution < -0.4 is 14.4 Å². The number of ether oxygens (including phenoxy) is 3. The minimum Gasteiger partial charge on any atom is -0.454 e. The van der Waals surface area contributed by atoms with E-state index in [9.17, 15) is 19.7 Å². The summed E-state index contributed by atoms with van der Waals surface area (Å²) in [6, 6.07) is 8.96. The molecule has 9 nitrogen and oxygen atoms in total. The van der Waals surface area contributed by atoms with Gasteiger partial charge in [-0.25, -0.2) is 4.79 Å². The van der Waals surface area contributed by atoms with E-state index in [1.807, 2.05) is 4.90 Å². The van der Waals surface area contributed by atoms with Crippen molar-refractivity contribution < 1.29 is 28.7 Å². The molecule has 0 aromatic heterocycles. The number of fused-ring (bicyclic) bond motifs is 1. The van der Waals surface area contributed by atoms with Crippen LogP contribution in [0.3, 0.4) is 0 Å². The molecule has 0 spiro atoms. The highest BCUT2D eigenvalue weighted by Crippen LogP contribution is 2.33. The largest absolute Gasteiger partial charge is 0.454 e. The second-order valence-electron chi connectivity index (χ2n) is 7.08. The Bertz CT molecular complexity index is 999. The zero-order valence-electron chi connectivity index (χ0n) is 16.2. The van der Waals surface area contributed by atoms with Gasteiger partial charge in [0.1, 0.15) is 5.69 Å². The predicted octanol–water partition coefficient (Wildman–Crippen LogP) is 3.35. The van der Waals surface area contributed by atoms with E-state index in [2.05, 4.69) is 0 Å². The number of hydrogen-bond donors (Lipinski definition) is 0. The molecule has 30 heavy (non-hydrogen) atoms. The number of nitro benzene ring substituents is 1. The first-order valence-electron chi connectivity index (χ1n) is 9.66. The zero-order valence-corrected chi connectivity index (χ0v) is 16.2. The summed E-state index contributed by atoms with van der Waals surface area (Å²) in [7, 11) is 0. The van der Waals surface area contributed by atoms with Crippen molar-refractivity contribution in [1.82, 2.24) is 0 Å². The molecule has 2 aliphatic heterocycles. The normalized spacial score (nSPS) is 15.0. The Kier molecular flexibility index (Phi) is 5.51. The van der Waals surface area contributed by atoms with Gasteiger partial charge in [0, 0.05) is 24.7 Å². The van der Waals surface area contributed by atoms with E-state index in [4.69, 9.17) is 14.2 Å². The minimum atomic E-state index is -0.794. The summed E-state index contributed by atoms with van der Waals surface area (Å²) in [6.45, 7) is 1.09. The Labute approximate surface area is 172 Å². The molecule has 9 heteroatoms. The average molecular weight is 412 g/mol. The molecule has 2 heterocycles. The number of Topliss-reactive ketones (excluding diaryl/α,β-unsaturated/α-hetero) is 1. The number of hydrogen-bond acceptors (Lipinski definition) is 8. The van der Waals surface area contributed by atoms with E-state index in [-0.39, 0.29) is 18.0 Å². The van der Waals surface area contributed by atoms with Crippen LogP contribution in [0.1, 0.15) is 40.0 Å². The van der Waals surface area contributed by atoms with Crippen LogP contribution in [0.4, 0.5) is 11.4 Å². The van der Waals surface area contributed by atoms with Gasteiger partial charge in [0.2, 0.25) is 6.79 Å². The summed E-state index contributed by atoms with van der Waals surface area (Å²) in [4.78, 5) is 37.7. The van der Waals surface area contributed by atoms with Gasteiger partial charge in [-0.05, 0) is 49.6 Å². The molecular formula is C21H20N2O7. The number of rotatable bonds is 6. The number of carbonyl (C=O) groups excluding carboxylic acids is 2. The van der Waals surface area contributed by atoms with Crippen LogP contribution in [0.5, 0.6) is 11.5 Å². The summed E-state index contributed by atoms with van der Waals surface area (Å²) in [6.07, 6.45) is 3.05. The minimum absolute atomic E-state index is 0.0287. The van der Waals surface area contributed by atoms with Crippen LogP contribution in [0.25, 0.3) is 0 Å². The van der Waals surface area contributed by atoms with Gasteiger partial charge in [-0.2, -0.15) is 0 Å². The lowest BCUT2D eigenvalue weighted by Crippen LogP contribution is -2.30. The molecule has 1 saturated heterocycles. The maximum atomic E-state index is 12.4. The van der Waals surface area contributed by atoms with Gasteiger partial charge < -0.3 is 19.1 Å². The van der Waals surface area contributed by atoms with Crippen LogP contribution >= 0.6 is 0 Å². The Balaban J connectivity index is 1.44. The molecule has 2 aromatic carbocycles. The fraction of sp³-hybridized carbons (Fsp3) is 0.333. The second-order valence-corrected chi connectivity index (χ2v) is 7.08.